The molecule has 7 heteroatoms. The van der Waals surface area contributed by atoms with Gasteiger partial charge in [-0.15, -0.1) is 0 Å². The molecule has 0 spiro atoms. The molecule has 1 amide bonds. The summed E-state index contributed by atoms with van der Waals surface area (Å²) in [6.45, 7) is 3.03. The SMILES string of the molecule is CSC(=Nc1cc(F)cc(C)c1NC(C)=O)NC#N. The summed E-state index contributed by atoms with van der Waals surface area (Å²) in [5.74, 6) is -0.729. The van der Waals surface area contributed by atoms with Gasteiger partial charge in [-0.1, -0.05) is 11.8 Å². The van der Waals surface area contributed by atoms with Crippen LogP contribution in [0.3, 0.4) is 0 Å². The number of thioether (sulfide) groups is 1. The lowest BCUT2D eigenvalue weighted by Crippen LogP contribution is -2.13. The number of nitrogens with one attached hydrogen (secondary N) is 2. The Labute approximate surface area is 114 Å². The highest BCUT2D eigenvalue weighted by atomic mass is 32.2. The number of nitrogens with zero attached hydrogens (tertiary/aromatic N) is 2. The van der Waals surface area contributed by atoms with Crippen molar-refractivity contribution in [1.82, 2.24) is 5.32 Å². The first-order chi connectivity index (χ1) is 8.97. The average Bonchev–Trinajstić information content (AvgIpc) is 2.32. The maximum Gasteiger partial charge on any atom is 0.221 e. The van der Waals surface area contributed by atoms with Crippen molar-refractivity contribution in [2.75, 3.05) is 11.6 Å². The number of benzene rings is 1. The van der Waals surface area contributed by atoms with Gasteiger partial charge in [-0.2, -0.15) is 5.26 Å². The first kappa shape index (κ1) is 15.0. The third-order valence-electron chi connectivity index (χ3n) is 2.16. The molecule has 5 nitrogen and oxygen atoms in total. The van der Waals surface area contributed by atoms with Crippen LogP contribution in [0.5, 0.6) is 0 Å². The molecular formula is C12H13FN4OS. The Morgan fingerprint density at radius 3 is 2.74 bits per heavy atom. The summed E-state index contributed by atoms with van der Waals surface area (Å²) in [5.41, 5.74) is 1.26. The normalized spacial score (nSPS) is 10.8. The summed E-state index contributed by atoms with van der Waals surface area (Å²) in [6.07, 6.45) is 3.48. The van der Waals surface area contributed by atoms with Crippen molar-refractivity contribution in [2.24, 2.45) is 4.99 Å². The maximum absolute atomic E-state index is 13.4. The summed E-state index contributed by atoms with van der Waals surface area (Å²) in [4.78, 5) is 15.3. The number of anilines is 1. The molecule has 0 heterocycles. The van der Waals surface area contributed by atoms with Crippen LogP contribution in [-0.4, -0.2) is 17.3 Å². The number of carbonyl (C=O) groups is 1. The smallest absolute Gasteiger partial charge is 0.221 e. The van der Waals surface area contributed by atoms with Crippen LogP contribution in [0.2, 0.25) is 0 Å². The van der Waals surface area contributed by atoms with E-state index < -0.39 is 5.82 Å². The number of amides is 1. The van der Waals surface area contributed by atoms with Gasteiger partial charge in [-0.05, 0) is 24.8 Å². The number of aliphatic imine (C=N–C) groups is 1. The van der Waals surface area contributed by atoms with Gasteiger partial charge in [-0.3, -0.25) is 10.1 Å². The highest BCUT2D eigenvalue weighted by Gasteiger charge is 2.10. The number of rotatable bonds is 2. The van der Waals surface area contributed by atoms with Crippen LogP contribution in [0.1, 0.15) is 12.5 Å². The summed E-state index contributed by atoms with van der Waals surface area (Å²) in [6, 6.07) is 2.51. The van der Waals surface area contributed by atoms with Gasteiger partial charge < -0.3 is 5.32 Å². The van der Waals surface area contributed by atoms with Crippen LogP contribution in [-0.2, 0) is 4.79 Å². The molecule has 0 saturated heterocycles. The minimum absolute atomic E-state index is 0.264. The monoisotopic (exact) mass is 280 g/mol. The van der Waals surface area contributed by atoms with Crippen molar-refractivity contribution in [3.8, 4) is 6.19 Å². The number of aryl methyl sites for hydroxylation is 1. The van der Waals surface area contributed by atoms with Crippen LogP contribution < -0.4 is 10.6 Å². The van der Waals surface area contributed by atoms with Gasteiger partial charge in [0.2, 0.25) is 5.91 Å². The minimum Gasteiger partial charge on any atom is -0.324 e. The summed E-state index contributed by atoms with van der Waals surface area (Å²) >= 11 is 1.21. The van der Waals surface area contributed by atoms with Crippen molar-refractivity contribution in [3.63, 3.8) is 0 Å². The van der Waals surface area contributed by atoms with Gasteiger partial charge >= 0.3 is 0 Å². The molecule has 2 N–H and O–H groups in total. The summed E-state index contributed by atoms with van der Waals surface area (Å²) in [5, 5.41) is 13.9. The van der Waals surface area contributed by atoms with Crippen LogP contribution in [0.4, 0.5) is 15.8 Å². The van der Waals surface area contributed by atoms with Crippen LogP contribution in [0, 0.1) is 24.2 Å². The fourth-order valence-corrected chi connectivity index (χ4v) is 1.77. The predicted molar refractivity (Wildman–Crippen MR) is 74.8 cm³/mol. The zero-order valence-corrected chi connectivity index (χ0v) is 11.6. The number of carbonyl (C=O) groups excluding carboxylic acids is 1. The molecule has 0 aliphatic heterocycles. The van der Waals surface area contributed by atoms with E-state index in [0.29, 0.717) is 16.4 Å². The van der Waals surface area contributed by atoms with Crippen molar-refractivity contribution < 1.29 is 9.18 Å². The van der Waals surface area contributed by atoms with Crippen LogP contribution >= 0.6 is 11.8 Å². The molecule has 0 atom stereocenters. The van der Waals surface area contributed by atoms with E-state index in [1.807, 2.05) is 0 Å². The maximum atomic E-state index is 13.4. The Morgan fingerprint density at radius 2 is 2.21 bits per heavy atom. The molecule has 19 heavy (non-hydrogen) atoms. The molecule has 0 aliphatic rings. The van der Waals surface area contributed by atoms with Crippen LogP contribution in [0.15, 0.2) is 17.1 Å². The van der Waals surface area contributed by atoms with Gasteiger partial charge in [0.1, 0.15) is 5.82 Å². The van der Waals surface area contributed by atoms with Gasteiger partial charge in [0.15, 0.2) is 11.4 Å². The van der Waals surface area contributed by atoms with E-state index in [4.69, 9.17) is 5.26 Å². The van der Waals surface area contributed by atoms with Crippen molar-refractivity contribution in [3.05, 3.63) is 23.5 Å². The zero-order valence-electron chi connectivity index (χ0n) is 10.7. The summed E-state index contributed by atoms with van der Waals surface area (Å²) in [7, 11) is 0. The third-order valence-corrected chi connectivity index (χ3v) is 2.74. The second-order valence-corrected chi connectivity index (χ2v) is 4.45. The van der Waals surface area contributed by atoms with Crippen molar-refractivity contribution in [2.45, 2.75) is 13.8 Å². The van der Waals surface area contributed by atoms with E-state index in [-0.39, 0.29) is 11.6 Å². The lowest BCUT2D eigenvalue weighted by atomic mass is 10.1. The fourth-order valence-electron chi connectivity index (χ4n) is 1.43. The predicted octanol–water partition coefficient (Wildman–Crippen LogP) is 2.51. The minimum atomic E-state index is -0.456. The van der Waals surface area contributed by atoms with Gasteiger partial charge in [0.25, 0.3) is 0 Å². The highest BCUT2D eigenvalue weighted by Crippen LogP contribution is 2.30. The quantitative estimate of drug-likeness (QED) is 0.378. The second-order valence-electron chi connectivity index (χ2n) is 3.66. The van der Waals surface area contributed by atoms with Gasteiger partial charge in [-0.25, -0.2) is 9.38 Å². The molecule has 100 valence electrons. The number of amidine groups is 1. The molecule has 1 aromatic rings. The number of hydrogen-bond acceptors (Lipinski definition) is 4. The molecular weight excluding hydrogens is 267 g/mol. The Balaban J connectivity index is 3.31. The molecule has 0 radical (unpaired) electrons. The number of nitriles is 1. The highest BCUT2D eigenvalue weighted by molar-refractivity contribution is 8.13. The number of halogens is 1. The molecule has 1 rings (SSSR count). The Kier molecular flexibility index (Phi) is 5.33. The number of hydrogen-bond donors (Lipinski definition) is 2. The second kappa shape index (κ2) is 6.75. The lowest BCUT2D eigenvalue weighted by molar-refractivity contribution is -0.114. The van der Waals surface area contributed by atoms with Gasteiger partial charge in [0.05, 0.1) is 11.4 Å². The molecule has 0 aliphatic carbocycles. The van der Waals surface area contributed by atoms with Gasteiger partial charge in [0, 0.05) is 13.0 Å². The van der Waals surface area contributed by atoms with E-state index in [2.05, 4.69) is 15.6 Å². The Hall–Kier alpha value is -2.07. The standard InChI is InChI=1S/C12H13FN4OS/c1-7-4-9(13)5-10(11(7)16-8(2)18)17-12(19-3)15-6-14/h4-5H,1-3H3,(H,15,17)(H,16,18). The molecule has 0 fully saturated rings. The van der Waals surface area contributed by atoms with E-state index in [1.54, 1.807) is 19.4 Å². The largest absolute Gasteiger partial charge is 0.324 e. The zero-order chi connectivity index (χ0) is 14.4. The topological polar surface area (TPSA) is 77.3 Å². The third kappa shape index (κ3) is 4.26. The van der Waals surface area contributed by atoms with Crippen LogP contribution in [0.25, 0.3) is 0 Å². The molecule has 1 aromatic carbocycles. The molecule has 0 unspecified atom stereocenters. The lowest BCUT2D eigenvalue weighted by Gasteiger charge is -2.11. The van der Waals surface area contributed by atoms with E-state index >= 15 is 0 Å². The first-order valence-electron chi connectivity index (χ1n) is 5.33. The van der Waals surface area contributed by atoms with Crippen molar-refractivity contribution >= 4 is 34.2 Å². The fraction of sp³-hybridized carbons (Fsp3) is 0.250. The van der Waals surface area contributed by atoms with E-state index in [1.165, 1.54) is 30.8 Å². The molecule has 0 saturated carbocycles. The molecule has 0 bridgehead atoms. The Morgan fingerprint density at radius 1 is 1.53 bits per heavy atom. The van der Waals surface area contributed by atoms with Crippen molar-refractivity contribution in [1.29, 1.82) is 5.26 Å². The Bertz CT molecular complexity index is 566. The summed E-state index contributed by atoms with van der Waals surface area (Å²) < 4.78 is 13.4. The first-order valence-corrected chi connectivity index (χ1v) is 6.56. The average molecular weight is 280 g/mol. The molecule has 0 aromatic heterocycles. The van der Waals surface area contributed by atoms with E-state index in [9.17, 15) is 9.18 Å². The van der Waals surface area contributed by atoms with E-state index in [0.717, 1.165) is 0 Å².